The van der Waals surface area contributed by atoms with Crippen molar-refractivity contribution in [3.05, 3.63) is 77.0 Å². The van der Waals surface area contributed by atoms with Gasteiger partial charge in [0, 0.05) is 61.5 Å². The van der Waals surface area contributed by atoms with Crippen molar-refractivity contribution < 1.29 is 13.6 Å². The van der Waals surface area contributed by atoms with E-state index in [0.717, 1.165) is 16.5 Å². The molecule has 0 unspecified atom stereocenters. The molecule has 1 aliphatic rings. The summed E-state index contributed by atoms with van der Waals surface area (Å²) < 4.78 is 28.3. The van der Waals surface area contributed by atoms with Gasteiger partial charge in [-0.15, -0.1) is 0 Å². The highest BCUT2D eigenvalue weighted by molar-refractivity contribution is 6.00. The van der Waals surface area contributed by atoms with Crippen molar-refractivity contribution >= 4 is 22.5 Å². The molecule has 0 atom stereocenters. The SMILES string of the molecule is O=C(c1cnc2c(-c3ccn4c(=O)ccnc4c3)cccc2c1)N1CCC(F)(F)CC1. The summed E-state index contributed by atoms with van der Waals surface area (Å²) in [7, 11) is 0. The van der Waals surface area contributed by atoms with Crippen molar-refractivity contribution in [3.63, 3.8) is 0 Å². The standard InChI is InChI=1S/C23H18F2N4O2/c24-23(25)6-10-28(11-7-23)22(31)17-12-16-2-1-3-18(21(16)27-14-17)15-5-9-29-19(13-15)26-8-4-20(29)30/h1-5,8-9,12-14H,6-7,10-11H2. The van der Waals surface area contributed by atoms with Crippen LogP contribution in [0, 0.1) is 0 Å². The molecule has 4 heterocycles. The van der Waals surface area contributed by atoms with E-state index >= 15 is 0 Å². The zero-order valence-electron chi connectivity index (χ0n) is 16.5. The number of amides is 1. The number of fused-ring (bicyclic) bond motifs is 2. The van der Waals surface area contributed by atoms with Gasteiger partial charge in [-0.3, -0.25) is 19.0 Å². The first-order valence-corrected chi connectivity index (χ1v) is 9.95. The molecule has 0 bridgehead atoms. The Labute approximate surface area is 175 Å². The van der Waals surface area contributed by atoms with E-state index in [9.17, 15) is 18.4 Å². The summed E-state index contributed by atoms with van der Waals surface area (Å²) in [5, 5.41) is 0.768. The molecule has 6 nitrogen and oxygen atoms in total. The molecule has 0 aliphatic carbocycles. The number of carbonyl (C=O) groups is 1. The Morgan fingerprint density at radius 3 is 2.65 bits per heavy atom. The molecule has 1 saturated heterocycles. The lowest BCUT2D eigenvalue weighted by Gasteiger charge is -2.31. The summed E-state index contributed by atoms with van der Waals surface area (Å²) in [6.07, 6.45) is 4.00. The zero-order chi connectivity index (χ0) is 21.6. The van der Waals surface area contributed by atoms with Crippen molar-refractivity contribution in [2.45, 2.75) is 18.8 Å². The predicted molar refractivity (Wildman–Crippen MR) is 112 cm³/mol. The van der Waals surface area contributed by atoms with E-state index in [4.69, 9.17) is 0 Å². The van der Waals surface area contributed by atoms with Gasteiger partial charge >= 0.3 is 0 Å². The molecule has 1 aromatic carbocycles. The number of nitrogens with zero attached hydrogens (tertiary/aromatic N) is 4. The van der Waals surface area contributed by atoms with Gasteiger partial charge in [0.1, 0.15) is 5.65 Å². The van der Waals surface area contributed by atoms with Crippen LogP contribution in [0.5, 0.6) is 0 Å². The molecule has 1 fully saturated rings. The summed E-state index contributed by atoms with van der Waals surface area (Å²) in [5.41, 5.74) is 3.12. The smallest absolute Gasteiger partial charge is 0.257 e. The Morgan fingerprint density at radius 1 is 1.03 bits per heavy atom. The highest BCUT2D eigenvalue weighted by Gasteiger charge is 2.35. The van der Waals surface area contributed by atoms with Crippen molar-refractivity contribution in [1.82, 2.24) is 19.3 Å². The van der Waals surface area contributed by atoms with Crippen LogP contribution < -0.4 is 5.56 Å². The number of pyridine rings is 2. The minimum Gasteiger partial charge on any atom is -0.338 e. The minimum absolute atomic E-state index is 0.0351. The van der Waals surface area contributed by atoms with E-state index in [0.29, 0.717) is 16.7 Å². The highest BCUT2D eigenvalue weighted by Crippen LogP contribution is 2.30. The number of hydrogen-bond donors (Lipinski definition) is 0. The average Bonchev–Trinajstić information content (AvgIpc) is 2.78. The van der Waals surface area contributed by atoms with Gasteiger partial charge in [-0.1, -0.05) is 18.2 Å². The van der Waals surface area contributed by atoms with Crippen molar-refractivity contribution in [2.24, 2.45) is 0 Å². The lowest BCUT2D eigenvalue weighted by atomic mass is 10.0. The summed E-state index contributed by atoms with van der Waals surface area (Å²) in [6, 6.07) is 12.4. The molecule has 5 rings (SSSR count). The Balaban J connectivity index is 1.51. The fourth-order valence-corrected chi connectivity index (χ4v) is 3.93. The molecule has 156 valence electrons. The van der Waals surface area contributed by atoms with Gasteiger partial charge in [-0.05, 0) is 23.8 Å². The van der Waals surface area contributed by atoms with Gasteiger partial charge in [-0.2, -0.15) is 0 Å². The maximum atomic E-state index is 13.4. The van der Waals surface area contributed by atoms with Crippen LogP contribution in [0.2, 0.25) is 0 Å². The fraction of sp³-hybridized carbons (Fsp3) is 0.217. The van der Waals surface area contributed by atoms with Gasteiger partial charge in [0.25, 0.3) is 17.4 Å². The number of para-hydroxylation sites is 1. The third-order valence-electron chi connectivity index (χ3n) is 5.65. The van der Waals surface area contributed by atoms with E-state index in [1.165, 1.54) is 27.8 Å². The number of aromatic nitrogens is 3. The van der Waals surface area contributed by atoms with Crippen LogP contribution in [0.4, 0.5) is 8.78 Å². The lowest BCUT2D eigenvalue weighted by Crippen LogP contribution is -2.42. The monoisotopic (exact) mass is 420 g/mol. The quantitative estimate of drug-likeness (QED) is 0.495. The number of piperidine rings is 1. The van der Waals surface area contributed by atoms with Crippen molar-refractivity contribution in [3.8, 4) is 11.1 Å². The lowest BCUT2D eigenvalue weighted by molar-refractivity contribution is -0.0494. The topological polar surface area (TPSA) is 67.6 Å². The van der Waals surface area contributed by atoms with Crippen LogP contribution in [0.25, 0.3) is 27.7 Å². The van der Waals surface area contributed by atoms with Crippen LogP contribution in [0.15, 0.2) is 65.8 Å². The van der Waals surface area contributed by atoms with Crippen molar-refractivity contribution in [2.75, 3.05) is 13.1 Å². The van der Waals surface area contributed by atoms with Gasteiger partial charge in [0.05, 0.1) is 11.1 Å². The third kappa shape index (κ3) is 3.54. The molecule has 31 heavy (non-hydrogen) atoms. The first kappa shape index (κ1) is 19.3. The molecule has 0 N–H and O–H groups in total. The van der Waals surface area contributed by atoms with Crippen LogP contribution in [0.1, 0.15) is 23.2 Å². The van der Waals surface area contributed by atoms with Gasteiger partial charge < -0.3 is 4.90 Å². The third-order valence-corrected chi connectivity index (χ3v) is 5.65. The zero-order valence-corrected chi connectivity index (χ0v) is 16.5. The maximum Gasteiger partial charge on any atom is 0.257 e. The van der Waals surface area contributed by atoms with E-state index in [2.05, 4.69) is 9.97 Å². The van der Waals surface area contributed by atoms with Crippen LogP contribution in [0.3, 0.4) is 0 Å². The molecular weight excluding hydrogens is 402 g/mol. The van der Waals surface area contributed by atoms with E-state index < -0.39 is 5.92 Å². The van der Waals surface area contributed by atoms with E-state index in [-0.39, 0.29) is 37.4 Å². The van der Waals surface area contributed by atoms with Crippen LogP contribution >= 0.6 is 0 Å². The number of rotatable bonds is 2. The summed E-state index contributed by atoms with van der Waals surface area (Å²) in [4.78, 5) is 34.9. The number of halogens is 2. The summed E-state index contributed by atoms with van der Waals surface area (Å²) in [5.74, 6) is -2.99. The fourth-order valence-electron chi connectivity index (χ4n) is 3.93. The Kier molecular flexibility index (Phi) is 4.50. The molecule has 1 amide bonds. The van der Waals surface area contributed by atoms with Crippen LogP contribution in [-0.4, -0.2) is 44.2 Å². The second kappa shape index (κ2) is 7.23. The number of carbonyl (C=O) groups excluding carboxylic acids is 1. The minimum atomic E-state index is -2.70. The Bertz CT molecular complexity index is 1370. The highest BCUT2D eigenvalue weighted by atomic mass is 19.3. The number of likely N-dealkylation sites (tertiary alicyclic amines) is 1. The molecule has 4 aromatic rings. The van der Waals surface area contributed by atoms with E-state index in [1.807, 2.05) is 30.3 Å². The number of benzene rings is 1. The first-order valence-electron chi connectivity index (χ1n) is 9.95. The molecular formula is C23H18F2N4O2. The second-order valence-electron chi connectivity index (χ2n) is 7.68. The molecule has 0 saturated carbocycles. The number of hydrogen-bond acceptors (Lipinski definition) is 4. The summed E-state index contributed by atoms with van der Waals surface area (Å²) in [6.45, 7) is 0.0702. The molecule has 3 aromatic heterocycles. The Morgan fingerprint density at radius 2 is 1.84 bits per heavy atom. The molecule has 1 aliphatic heterocycles. The summed E-state index contributed by atoms with van der Waals surface area (Å²) >= 11 is 0. The molecule has 8 heteroatoms. The normalized spacial score (nSPS) is 16.0. The largest absolute Gasteiger partial charge is 0.338 e. The maximum absolute atomic E-state index is 13.4. The molecule has 0 radical (unpaired) electrons. The average molecular weight is 420 g/mol. The van der Waals surface area contributed by atoms with Crippen molar-refractivity contribution in [1.29, 1.82) is 0 Å². The van der Waals surface area contributed by atoms with Gasteiger partial charge in [-0.25, -0.2) is 13.8 Å². The molecule has 0 spiro atoms. The predicted octanol–water partition coefficient (Wildman–Crippen LogP) is 3.78. The van der Waals surface area contributed by atoms with Crippen LogP contribution in [-0.2, 0) is 0 Å². The Hall–Kier alpha value is -3.68. The number of alkyl halides is 2. The van der Waals surface area contributed by atoms with Gasteiger partial charge in [0.2, 0.25) is 0 Å². The van der Waals surface area contributed by atoms with E-state index in [1.54, 1.807) is 12.3 Å². The first-order chi connectivity index (χ1) is 14.9. The second-order valence-corrected chi connectivity index (χ2v) is 7.68. The van der Waals surface area contributed by atoms with Gasteiger partial charge in [0.15, 0.2) is 0 Å².